The Kier molecular flexibility index (Phi) is 6.12. The molecule has 3 heterocycles. The minimum absolute atomic E-state index is 0.128. The van der Waals surface area contributed by atoms with Crippen molar-refractivity contribution in [1.29, 1.82) is 0 Å². The van der Waals surface area contributed by atoms with E-state index in [0.29, 0.717) is 26.7 Å². The fourth-order valence-electron chi connectivity index (χ4n) is 4.60. The molecule has 5 nitrogen and oxygen atoms in total. The number of piperidine rings is 1. The van der Waals surface area contributed by atoms with Crippen molar-refractivity contribution >= 4 is 39.5 Å². The number of thiazole rings is 1. The van der Waals surface area contributed by atoms with Crippen molar-refractivity contribution in [2.45, 2.75) is 32.2 Å². The molecule has 1 aliphatic rings. The van der Waals surface area contributed by atoms with Crippen LogP contribution in [0.4, 0.5) is 0 Å². The highest BCUT2D eigenvalue weighted by molar-refractivity contribution is 7.17. The summed E-state index contributed by atoms with van der Waals surface area (Å²) in [7, 11) is 0. The molecule has 0 amide bonds. The van der Waals surface area contributed by atoms with Gasteiger partial charge in [0.05, 0.1) is 21.0 Å². The van der Waals surface area contributed by atoms with Crippen LogP contribution in [0.15, 0.2) is 48.5 Å². The normalized spacial score (nSPS) is 16.6. The van der Waals surface area contributed by atoms with Crippen LogP contribution in [0, 0.1) is 12.8 Å². The monoisotopic (exact) mass is 486 g/mol. The average molecular weight is 487 g/mol. The van der Waals surface area contributed by atoms with E-state index < -0.39 is 0 Å². The lowest BCUT2D eigenvalue weighted by Crippen LogP contribution is -2.37. The summed E-state index contributed by atoms with van der Waals surface area (Å²) in [5.41, 5.74) is 2.41. The highest BCUT2D eigenvalue weighted by atomic mass is 35.5. The number of hydrogen-bond donors (Lipinski definition) is 1. The third-order valence-corrected chi connectivity index (χ3v) is 8.01. The second-order valence-electron chi connectivity index (χ2n) is 8.39. The molecule has 1 saturated heterocycles. The standard InChI is InChI=1S/C24H24Cl2N4OS/c1-15-27-24-30(28-15)23(31)22(32-24)21(18-7-8-19(25)20(26)14-18)29-11-9-17(10-12-29)13-16-5-3-2-4-6-16/h2-8,14,17,21,31H,9-13H2,1H3. The van der Waals surface area contributed by atoms with E-state index in [4.69, 9.17) is 23.2 Å². The van der Waals surface area contributed by atoms with Crippen molar-refractivity contribution in [3.05, 3.63) is 80.4 Å². The number of fused-ring (bicyclic) bond motifs is 1. The zero-order chi connectivity index (χ0) is 22.2. The number of likely N-dealkylation sites (tertiary alicyclic amines) is 1. The molecule has 5 rings (SSSR count). The van der Waals surface area contributed by atoms with E-state index in [1.807, 2.05) is 25.1 Å². The fraction of sp³-hybridized carbons (Fsp3) is 0.333. The summed E-state index contributed by atoms with van der Waals surface area (Å²) >= 11 is 14.0. The molecule has 1 unspecified atom stereocenters. The van der Waals surface area contributed by atoms with E-state index in [0.717, 1.165) is 42.8 Å². The Morgan fingerprint density at radius 1 is 1.09 bits per heavy atom. The summed E-state index contributed by atoms with van der Waals surface area (Å²) in [6.45, 7) is 3.70. The van der Waals surface area contributed by atoms with Crippen molar-refractivity contribution < 1.29 is 5.11 Å². The van der Waals surface area contributed by atoms with Gasteiger partial charge in [0.15, 0.2) is 0 Å². The molecule has 0 spiro atoms. The number of aryl methyl sites for hydroxylation is 1. The van der Waals surface area contributed by atoms with E-state index in [1.54, 1.807) is 0 Å². The van der Waals surface area contributed by atoms with Gasteiger partial charge < -0.3 is 5.11 Å². The molecule has 0 radical (unpaired) electrons. The van der Waals surface area contributed by atoms with E-state index in [9.17, 15) is 5.11 Å². The van der Waals surface area contributed by atoms with E-state index >= 15 is 0 Å². The van der Waals surface area contributed by atoms with Gasteiger partial charge in [-0.05, 0) is 68.5 Å². The summed E-state index contributed by atoms with van der Waals surface area (Å²) in [6, 6.07) is 16.3. The lowest BCUT2D eigenvalue weighted by Gasteiger charge is -2.37. The number of rotatable bonds is 5. The van der Waals surface area contributed by atoms with Gasteiger partial charge in [0.2, 0.25) is 10.8 Å². The Morgan fingerprint density at radius 2 is 1.84 bits per heavy atom. The van der Waals surface area contributed by atoms with Crippen LogP contribution in [0.1, 0.15) is 40.7 Å². The topological polar surface area (TPSA) is 53.7 Å². The molecule has 32 heavy (non-hydrogen) atoms. The van der Waals surface area contributed by atoms with Crippen molar-refractivity contribution in [3.8, 4) is 5.88 Å². The van der Waals surface area contributed by atoms with Gasteiger partial charge in [-0.25, -0.2) is 4.98 Å². The summed E-state index contributed by atoms with van der Waals surface area (Å²) in [6.07, 6.45) is 3.31. The van der Waals surface area contributed by atoms with Crippen LogP contribution in [0.3, 0.4) is 0 Å². The summed E-state index contributed by atoms with van der Waals surface area (Å²) in [5.74, 6) is 1.45. The van der Waals surface area contributed by atoms with Gasteiger partial charge >= 0.3 is 0 Å². The number of aromatic hydroxyl groups is 1. The van der Waals surface area contributed by atoms with Crippen molar-refractivity contribution in [3.63, 3.8) is 0 Å². The van der Waals surface area contributed by atoms with Crippen LogP contribution in [0.5, 0.6) is 5.88 Å². The third-order valence-electron chi connectivity index (χ3n) is 6.19. The van der Waals surface area contributed by atoms with Gasteiger partial charge in [0.25, 0.3) is 0 Å². The molecule has 8 heteroatoms. The van der Waals surface area contributed by atoms with Gasteiger partial charge in [-0.2, -0.15) is 4.52 Å². The second-order valence-corrected chi connectivity index (χ2v) is 10.2. The molecule has 1 N–H and O–H groups in total. The van der Waals surface area contributed by atoms with Gasteiger partial charge in [-0.1, -0.05) is 70.9 Å². The summed E-state index contributed by atoms with van der Waals surface area (Å²) < 4.78 is 1.53. The van der Waals surface area contributed by atoms with Gasteiger partial charge in [-0.15, -0.1) is 5.10 Å². The number of benzene rings is 2. The highest BCUT2D eigenvalue weighted by Crippen LogP contribution is 2.42. The Bertz CT molecular complexity index is 1230. The molecular formula is C24H24Cl2N4OS. The lowest BCUT2D eigenvalue weighted by atomic mass is 9.89. The molecule has 0 aliphatic carbocycles. The van der Waals surface area contributed by atoms with Crippen LogP contribution in [0.2, 0.25) is 10.0 Å². The molecule has 1 aliphatic heterocycles. The van der Waals surface area contributed by atoms with Crippen molar-refractivity contribution in [2.75, 3.05) is 13.1 Å². The maximum absolute atomic E-state index is 11.0. The Morgan fingerprint density at radius 3 is 2.53 bits per heavy atom. The Balaban J connectivity index is 1.44. The van der Waals surface area contributed by atoms with Crippen molar-refractivity contribution in [1.82, 2.24) is 19.5 Å². The summed E-state index contributed by atoms with van der Waals surface area (Å²) in [4.78, 5) is 8.41. The average Bonchev–Trinajstić information content (AvgIpc) is 3.30. The SMILES string of the molecule is Cc1nc2sc(C(c3ccc(Cl)c(Cl)c3)N3CCC(Cc4ccccc4)CC3)c(O)n2n1. The molecule has 1 atom stereocenters. The maximum Gasteiger partial charge on any atom is 0.230 e. The molecule has 4 aromatic rings. The molecule has 0 bridgehead atoms. The number of hydrogen-bond acceptors (Lipinski definition) is 5. The van der Waals surface area contributed by atoms with E-state index in [-0.39, 0.29) is 11.9 Å². The minimum Gasteiger partial charge on any atom is -0.492 e. The number of aromatic nitrogens is 3. The Labute approximate surface area is 201 Å². The quantitative estimate of drug-likeness (QED) is 0.367. The van der Waals surface area contributed by atoms with Crippen LogP contribution >= 0.6 is 34.5 Å². The van der Waals surface area contributed by atoms with Crippen LogP contribution in [-0.4, -0.2) is 37.7 Å². The molecule has 0 saturated carbocycles. The molecule has 2 aromatic heterocycles. The molecule has 2 aromatic carbocycles. The van der Waals surface area contributed by atoms with Crippen LogP contribution in [0.25, 0.3) is 4.96 Å². The van der Waals surface area contributed by atoms with Crippen LogP contribution < -0.4 is 0 Å². The zero-order valence-electron chi connectivity index (χ0n) is 17.7. The van der Waals surface area contributed by atoms with Crippen LogP contribution in [-0.2, 0) is 6.42 Å². The zero-order valence-corrected chi connectivity index (χ0v) is 20.0. The van der Waals surface area contributed by atoms with Crippen molar-refractivity contribution in [2.24, 2.45) is 5.92 Å². The molecular weight excluding hydrogens is 463 g/mol. The third kappa shape index (κ3) is 4.25. The smallest absolute Gasteiger partial charge is 0.230 e. The number of halogens is 2. The highest BCUT2D eigenvalue weighted by Gasteiger charge is 2.32. The van der Waals surface area contributed by atoms with E-state index in [1.165, 1.54) is 21.4 Å². The van der Waals surface area contributed by atoms with Gasteiger partial charge in [0, 0.05) is 0 Å². The first kappa shape index (κ1) is 21.7. The minimum atomic E-state index is -0.128. The first-order valence-corrected chi connectivity index (χ1v) is 12.3. The second kappa shape index (κ2) is 9.02. The number of nitrogens with zero attached hydrogens (tertiary/aromatic N) is 4. The largest absolute Gasteiger partial charge is 0.492 e. The predicted molar refractivity (Wildman–Crippen MR) is 130 cm³/mol. The maximum atomic E-state index is 11.0. The van der Waals surface area contributed by atoms with Gasteiger partial charge in [0.1, 0.15) is 5.82 Å². The fourth-order valence-corrected chi connectivity index (χ4v) is 6.07. The summed E-state index contributed by atoms with van der Waals surface area (Å²) in [5, 5.41) is 16.4. The first-order valence-electron chi connectivity index (χ1n) is 10.8. The lowest BCUT2D eigenvalue weighted by molar-refractivity contribution is 0.150. The predicted octanol–water partition coefficient (Wildman–Crippen LogP) is 6.16. The Hall–Kier alpha value is -2.12. The van der Waals surface area contributed by atoms with E-state index in [2.05, 4.69) is 45.3 Å². The first-order chi connectivity index (χ1) is 15.5. The molecule has 1 fully saturated rings. The molecule has 166 valence electrons. The van der Waals surface area contributed by atoms with Gasteiger partial charge in [-0.3, -0.25) is 4.90 Å².